The predicted octanol–water partition coefficient (Wildman–Crippen LogP) is 2.91. The second-order valence-corrected chi connectivity index (χ2v) is 8.90. The summed E-state index contributed by atoms with van der Waals surface area (Å²) in [6.07, 6.45) is 1.84. The van der Waals surface area contributed by atoms with E-state index in [1.165, 1.54) is 55.7 Å². The molecule has 0 fully saturated rings. The van der Waals surface area contributed by atoms with Crippen LogP contribution in [0.25, 0.3) is 11.0 Å². The SMILES string of the molecule is Cc1cc(NS(=O)(=O)c2ccc(NC(=O)C(C)OC(=O)c3cccc4nccnc34)cc2)no1. The maximum atomic E-state index is 12.6. The first-order valence-corrected chi connectivity index (χ1v) is 11.5. The number of esters is 1. The molecular formula is C22H19N5O6S. The molecule has 4 rings (SSSR count). The Morgan fingerprint density at radius 2 is 1.79 bits per heavy atom. The highest BCUT2D eigenvalue weighted by Gasteiger charge is 2.22. The Hall–Kier alpha value is -4.32. The number of hydrogen-bond donors (Lipinski definition) is 2. The molecule has 1 amide bonds. The summed E-state index contributed by atoms with van der Waals surface area (Å²) in [5, 5.41) is 6.17. The molecule has 2 aromatic carbocycles. The summed E-state index contributed by atoms with van der Waals surface area (Å²) in [6, 6.07) is 11.8. The number of anilines is 2. The van der Waals surface area contributed by atoms with Crippen LogP contribution in [0.4, 0.5) is 11.5 Å². The van der Waals surface area contributed by atoms with E-state index in [4.69, 9.17) is 9.26 Å². The molecule has 0 saturated carbocycles. The molecule has 1 unspecified atom stereocenters. The van der Waals surface area contributed by atoms with Crippen LogP contribution in [-0.4, -0.2) is 41.5 Å². The van der Waals surface area contributed by atoms with Crippen molar-refractivity contribution in [1.82, 2.24) is 15.1 Å². The highest BCUT2D eigenvalue weighted by Crippen LogP contribution is 2.19. The smallest absolute Gasteiger partial charge is 0.341 e. The van der Waals surface area contributed by atoms with Crippen LogP contribution in [0.2, 0.25) is 0 Å². The summed E-state index contributed by atoms with van der Waals surface area (Å²) in [7, 11) is -3.89. The van der Waals surface area contributed by atoms with Crippen LogP contribution in [0.15, 0.2) is 70.3 Å². The number of aromatic nitrogens is 3. The van der Waals surface area contributed by atoms with Crippen LogP contribution in [0.1, 0.15) is 23.0 Å². The average molecular weight is 481 g/mol. The molecule has 0 bridgehead atoms. The number of fused-ring (bicyclic) bond motifs is 1. The van der Waals surface area contributed by atoms with Gasteiger partial charge in [-0.15, -0.1) is 0 Å². The fraction of sp³-hybridized carbons (Fsp3) is 0.136. The van der Waals surface area contributed by atoms with Gasteiger partial charge in [-0.25, -0.2) is 13.2 Å². The van der Waals surface area contributed by atoms with Crippen molar-refractivity contribution >= 4 is 44.4 Å². The van der Waals surface area contributed by atoms with E-state index < -0.39 is 28.0 Å². The Labute approximate surface area is 194 Å². The molecule has 174 valence electrons. The van der Waals surface area contributed by atoms with E-state index in [2.05, 4.69) is 25.2 Å². The molecule has 1 atom stereocenters. The highest BCUT2D eigenvalue weighted by atomic mass is 32.2. The first-order chi connectivity index (χ1) is 16.2. The fourth-order valence-corrected chi connectivity index (χ4v) is 3.99. The predicted molar refractivity (Wildman–Crippen MR) is 122 cm³/mol. The third-order valence-electron chi connectivity index (χ3n) is 4.67. The van der Waals surface area contributed by atoms with Crippen molar-refractivity contribution in [2.45, 2.75) is 24.8 Å². The normalized spacial score (nSPS) is 12.2. The van der Waals surface area contributed by atoms with Crippen molar-refractivity contribution in [3.05, 3.63) is 72.2 Å². The van der Waals surface area contributed by atoms with Gasteiger partial charge in [-0.2, -0.15) is 0 Å². The number of nitrogens with one attached hydrogen (secondary N) is 2. The Morgan fingerprint density at radius 1 is 1.06 bits per heavy atom. The number of benzene rings is 2. The van der Waals surface area contributed by atoms with Crippen molar-refractivity contribution < 1.29 is 27.3 Å². The zero-order valence-electron chi connectivity index (χ0n) is 18.1. The minimum Gasteiger partial charge on any atom is -0.449 e. The van der Waals surface area contributed by atoms with Gasteiger partial charge in [0.25, 0.3) is 15.9 Å². The van der Waals surface area contributed by atoms with Crippen LogP contribution >= 0.6 is 0 Å². The van der Waals surface area contributed by atoms with Gasteiger partial charge < -0.3 is 14.6 Å². The molecule has 11 nitrogen and oxygen atoms in total. The zero-order chi connectivity index (χ0) is 24.3. The molecular weight excluding hydrogens is 462 g/mol. The molecule has 12 heteroatoms. The van der Waals surface area contributed by atoms with Gasteiger partial charge in [-0.3, -0.25) is 19.5 Å². The minimum atomic E-state index is -3.89. The summed E-state index contributed by atoms with van der Waals surface area (Å²) < 4.78 is 37.3. The monoisotopic (exact) mass is 481 g/mol. The van der Waals surface area contributed by atoms with Gasteiger partial charge in [0.05, 0.1) is 16.0 Å². The topological polar surface area (TPSA) is 153 Å². The first-order valence-electron chi connectivity index (χ1n) is 10.0. The largest absolute Gasteiger partial charge is 0.449 e. The van der Waals surface area contributed by atoms with Crippen molar-refractivity contribution in [3.63, 3.8) is 0 Å². The summed E-state index contributed by atoms with van der Waals surface area (Å²) in [5.74, 6) is -0.794. The molecule has 4 aromatic rings. The van der Waals surface area contributed by atoms with Crippen LogP contribution in [0.5, 0.6) is 0 Å². The third-order valence-corrected chi connectivity index (χ3v) is 6.04. The molecule has 0 aliphatic heterocycles. The molecule has 34 heavy (non-hydrogen) atoms. The molecule has 0 aliphatic carbocycles. The van der Waals surface area contributed by atoms with Crippen LogP contribution in [0.3, 0.4) is 0 Å². The summed E-state index contributed by atoms with van der Waals surface area (Å²) >= 11 is 0. The lowest BCUT2D eigenvalue weighted by atomic mass is 10.2. The number of nitrogens with zero attached hydrogens (tertiary/aromatic N) is 3. The van der Waals surface area contributed by atoms with Gasteiger partial charge in [-0.05, 0) is 50.2 Å². The lowest BCUT2D eigenvalue weighted by molar-refractivity contribution is -0.123. The summed E-state index contributed by atoms with van der Waals surface area (Å²) in [5.41, 5.74) is 1.40. The number of hydrogen-bond acceptors (Lipinski definition) is 9. The van der Waals surface area contributed by atoms with Gasteiger partial charge in [0.1, 0.15) is 11.3 Å². The van der Waals surface area contributed by atoms with Crippen LogP contribution in [0, 0.1) is 6.92 Å². The van der Waals surface area contributed by atoms with Gasteiger partial charge in [0, 0.05) is 24.1 Å². The summed E-state index contributed by atoms with van der Waals surface area (Å²) in [4.78, 5) is 33.3. The Balaban J connectivity index is 1.39. The van der Waals surface area contributed by atoms with E-state index in [1.807, 2.05) is 0 Å². The number of ether oxygens (including phenoxy) is 1. The standard InChI is InChI=1S/C22H19N5O6S/c1-13-12-19(26-33-13)27-34(30,31)16-8-6-15(7-9-16)25-21(28)14(2)32-22(29)17-4-3-5-18-20(17)24-11-10-23-18/h3-12,14H,1-2H3,(H,25,28)(H,26,27). The lowest BCUT2D eigenvalue weighted by Gasteiger charge is -2.14. The zero-order valence-corrected chi connectivity index (χ0v) is 18.9. The summed E-state index contributed by atoms with van der Waals surface area (Å²) in [6.45, 7) is 3.06. The quantitative estimate of drug-likeness (QED) is 0.379. The number of carbonyl (C=O) groups excluding carboxylic acids is 2. The first kappa shape index (κ1) is 22.9. The van der Waals surface area contributed by atoms with E-state index in [-0.39, 0.29) is 16.3 Å². The fourth-order valence-electron chi connectivity index (χ4n) is 3.01. The second kappa shape index (κ2) is 9.27. The van der Waals surface area contributed by atoms with Crippen molar-refractivity contribution in [2.24, 2.45) is 0 Å². The van der Waals surface area contributed by atoms with E-state index in [1.54, 1.807) is 19.1 Å². The molecule has 0 spiro atoms. The van der Waals surface area contributed by atoms with Crippen LogP contribution in [-0.2, 0) is 19.6 Å². The maximum Gasteiger partial charge on any atom is 0.341 e. The highest BCUT2D eigenvalue weighted by molar-refractivity contribution is 7.92. The van der Waals surface area contributed by atoms with Crippen LogP contribution < -0.4 is 10.0 Å². The second-order valence-electron chi connectivity index (χ2n) is 7.22. The third kappa shape index (κ3) is 5.02. The minimum absolute atomic E-state index is 0.0392. The Morgan fingerprint density at radius 3 is 2.50 bits per heavy atom. The Kier molecular flexibility index (Phi) is 6.23. The van der Waals surface area contributed by atoms with Gasteiger partial charge in [0.2, 0.25) is 0 Å². The van der Waals surface area contributed by atoms with Crippen molar-refractivity contribution in [1.29, 1.82) is 0 Å². The molecule has 2 N–H and O–H groups in total. The van der Waals surface area contributed by atoms with Crippen molar-refractivity contribution in [2.75, 3.05) is 10.0 Å². The van der Waals surface area contributed by atoms with Crippen molar-refractivity contribution in [3.8, 4) is 0 Å². The number of carbonyl (C=O) groups is 2. The number of amides is 1. The van der Waals surface area contributed by atoms with Gasteiger partial charge in [0.15, 0.2) is 11.9 Å². The van der Waals surface area contributed by atoms with Gasteiger partial charge >= 0.3 is 5.97 Å². The number of rotatable bonds is 7. The van der Waals surface area contributed by atoms with Gasteiger partial charge in [-0.1, -0.05) is 11.2 Å². The van der Waals surface area contributed by atoms with E-state index in [0.29, 0.717) is 22.5 Å². The molecule has 0 saturated heterocycles. The van der Waals surface area contributed by atoms with E-state index in [9.17, 15) is 18.0 Å². The average Bonchev–Trinajstić information content (AvgIpc) is 3.22. The molecule has 0 aliphatic rings. The van der Waals surface area contributed by atoms with E-state index in [0.717, 1.165) is 0 Å². The van der Waals surface area contributed by atoms with E-state index >= 15 is 0 Å². The lowest BCUT2D eigenvalue weighted by Crippen LogP contribution is -2.30. The Bertz CT molecular complexity index is 1460. The molecule has 2 heterocycles. The number of aryl methyl sites for hydroxylation is 1. The number of sulfonamides is 1. The molecule has 2 aromatic heterocycles. The molecule has 0 radical (unpaired) electrons. The number of para-hydroxylation sites is 1. The maximum absolute atomic E-state index is 12.6.